The number of aliphatic hydroxyl groups excluding tert-OH is 1. The first-order valence-corrected chi connectivity index (χ1v) is 4.67. The van der Waals surface area contributed by atoms with Crippen LogP contribution < -0.4 is 5.73 Å². The Hall–Kier alpha value is -1.06. The van der Waals surface area contributed by atoms with Gasteiger partial charge in [0.15, 0.2) is 0 Å². The first kappa shape index (κ1) is 11.0. The Labute approximate surface area is 84.2 Å². The van der Waals surface area contributed by atoms with Gasteiger partial charge < -0.3 is 15.9 Å². The second-order valence-corrected chi connectivity index (χ2v) is 3.78. The van der Waals surface area contributed by atoms with E-state index < -0.39 is 12.1 Å². The maximum atomic E-state index is 9.70. The third kappa shape index (κ3) is 2.05. The molecule has 78 valence electrons. The van der Waals surface area contributed by atoms with Crippen molar-refractivity contribution in [3.63, 3.8) is 0 Å². The van der Waals surface area contributed by atoms with E-state index in [0.717, 1.165) is 11.1 Å². The summed E-state index contributed by atoms with van der Waals surface area (Å²) in [5.41, 5.74) is 8.31. The Kier molecular flexibility index (Phi) is 3.13. The van der Waals surface area contributed by atoms with Gasteiger partial charge in [0.2, 0.25) is 0 Å². The number of hydrogen-bond acceptors (Lipinski definition) is 3. The largest absolute Gasteiger partial charge is 0.508 e. The van der Waals surface area contributed by atoms with Crippen molar-refractivity contribution in [3.05, 3.63) is 28.8 Å². The van der Waals surface area contributed by atoms with Crippen LogP contribution in [-0.4, -0.2) is 16.3 Å². The van der Waals surface area contributed by atoms with Crippen LogP contribution in [0.25, 0.3) is 0 Å². The summed E-state index contributed by atoms with van der Waals surface area (Å²) in [4.78, 5) is 0. The Balaban J connectivity index is 3.20. The molecule has 4 N–H and O–H groups in total. The standard InChI is InChI=1S/C11H17NO2/c1-6-4-7(2)10(9(14)5-6)11(12)8(3)13/h4-5,8,11,13-14H,12H2,1-3H3/t8-,11-/m1/s1. The average molecular weight is 195 g/mol. The van der Waals surface area contributed by atoms with Gasteiger partial charge in [-0.25, -0.2) is 0 Å². The third-order valence-corrected chi connectivity index (χ3v) is 2.36. The summed E-state index contributed by atoms with van der Waals surface area (Å²) in [7, 11) is 0. The second kappa shape index (κ2) is 3.98. The summed E-state index contributed by atoms with van der Waals surface area (Å²) in [5, 5.41) is 19.1. The Morgan fingerprint density at radius 3 is 2.29 bits per heavy atom. The molecule has 1 rings (SSSR count). The molecule has 0 aliphatic rings. The number of hydrogen-bond donors (Lipinski definition) is 3. The molecule has 0 saturated heterocycles. The second-order valence-electron chi connectivity index (χ2n) is 3.78. The van der Waals surface area contributed by atoms with Crippen molar-refractivity contribution in [1.29, 1.82) is 0 Å². The molecule has 1 aromatic carbocycles. The molecule has 3 heteroatoms. The SMILES string of the molecule is Cc1cc(C)c([C@H](N)[C@@H](C)O)c(O)c1. The molecule has 0 amide bonds. The highest BCUT2D eigenvalue weighted by Crippen LogP contribution is 2.29. The Morgan fingerprint density at radius 2 is 1.86 bits per heavy atom. The van der Waals surface area contributed by atoms with Gasteiger partial charge in [-0.15, -0.1) is 0 Å². The van der Waals surface area contributed by atoms with E-state index in [4.69, 9.17) is 5.73 Å². The van der Waals surface area contributed by atoms with E-state index in [0.29, 0.717) is 5.56 Å². The van der Waals surface area contributed by atoms with E-state index in [1.807, 2.05) is 19.9 Å². The highest BCUT2D eigenvalue weighted by atomic mass is 16.3. The Bertz CT molecular complexity index is 311. The molecular formula is C11H17NO2. The summed E-state index contributed by atoms with van der Waals surface area (Å²) in [6.07, 6.45) is -0.665. The van der Waals surface area contributed by atoms with Crippen LogP contribution >= 0.6 is 0 Å². The number of rotatable bonds is 2. The summed E-state index contributed by atoms with van der Waals surface area (Å²) >= 11 is 0. The van der Waals surface area contributed by atoms with Gasteiger partial charge in [-0.2, -0.15) is 0 Å². The van der Waals surface area contributed by atoms with Gasteiger partial charge in [-0.1, -0.05) is 6.07 Å². The summed E-state index contributed by atoms with van der Waals surface area (Å²) in [5.74, 6) is 0.163. The number of aliphatic hydroxyl groups is 1. The highest BCUT2D eigenvalue weighted by molar-refractivity contribution is 5.44. The lowest BCUT2D eigenvalue weighted by Crippen LogP contribution is -2.24. The van der Waals surface area contributed by atoms with Crippen molar-refractivity contribution in [2.45, 2.75) is 32.9 Å². The number of nitrogens with two attached hydrogens (primary N) is 1. The molecule has 14 heavy (non-hydrogen) atoms. The summed E-state index contributed by atoms with van der Waals surface area (Å²) < 4.78 is 0. The minimum Gasteiger partial charge on any atom is -0.508 e. The molecule has 3 nitrogen and oxygen atoms in total. The average Bonchev–Trinajstić information content (AvgIpc) is 2.01. The van der Waals surface area contributed by atoms with E-state index in [1.165, 1.54) is 0 Å². The lowest BCUT2D eigenvalue weighted by atomic mass is 9.96. The maximum Gasteiger partial charge on any atom is 0.120 e. The Morgan fingerprint density at radius 1 is 1.29 bits per heavy atom. The van der Waals surface area contributed by atoms with Crippen LogP contribution in [0.4, 0.5) is 0 Å². The number of phenols is 1. The normalized spacial score (nSPS) is 15.2. The van der Waals surface area contributed by atoms with Gasteiger partial charge in [0.25, 0.3) is 0 Å². The van der Waals surface area contributed by atoms with Crippen LogP contribution in [0, 0.1) is 13.8 Å². The minimum absolute atomic E-state index is 0.163. The van der Waals surface area contributed by atoms with Crippen LogP contribution in [0.2, 0.25) is 0 Å². The first-order valence-electron chi connectivity index (χ1n) is 4.67. The van der Waals surface area contributed by atoms with Gasteiger partial charge in [-0.3, -0.25) is 0 Å². The van der Waals surface area contributed by atoms with Crippen LogP contribution in [0.1, 0.15) is 29.7 Å². The predicted molar refractivity (Wildman–Crippen MR) is 56.2 cm³/mol. The zero-order valence-electron chi connectivity index (χ0n) is 8.78. The van der Waals surface area contributed by atoms with Gasteiger partial charge in [0.05, 0.1) is 12.1 Å². The molecular weight excluding hydrogens is 178 g/mol. The number of phenolic OH excluding ortho intramolecular Hbond substituents is 1. The van der Waals surface area contributed by atoms with E-state index >= 15 is 0 Å². The lowest BCUT2D eigenvalue weighted by molar-refractivity contribution is 0.162. The van der Waals surface area contributed by atoms with Crippen molar-refractivity contribution in [2.75, 3.05) is 0 Å². The van der Waals surface area contributed by atoms with E-state index in [1.54, 1.807) is 13.0 Å². The lowest BCUT2D eigenvalue weighted by Gasteiger charge is -2.19. The molecule has 2 atom stereocenters. The maximum absolute atomic E-state index is 9.70. The van der Waals surface area contributed by atoms with Gasteiger partial charge >= 0.3 is 0 Å². The summed E-state index contributed by atoms with van der Waals surface area (Å²) in [6.45, 7) is 5.40. The molecule has 0 saturated carbocycles. The van der Waals surface area contributed by atoms with Crippen LogP contribution in [0.15, 0.2) is 12.1 Å². The smallest absolute Gasteiger partial charge is 0.120 e. The molecule has 0 unspecified atom stereocenters. The highest BCUT2D eigenvalue weighted by Gasteiger charge is 2.18. The van der Waals surface area contributed by atoms with Crippen LogP contribution in [0.3, 0.4) is 0 Å². The fourth-order valence-electron chi connectivity index (χ4n) is 1.63. The van der Waals surface area contributed by atoms with Crippen LogP contribution in [0.5, 0.6) is 5.75 Å². The molecule has 0 aromatic heterocycles. The van der Waals surface area contributed by atoms with Gasteiger partial charge in [-0.05, 0) is 38.0 Å². The molecule has 1 aromatic rings. The zero-order chi connectivity index (χ0) is 10.9. The van der Waals surface area contributed by atoms with Crippen molar-refractivity contribution in [2.24, 2.45) is 5.73 Å². The van der Waals surface area contributed by atoms with Crippen molar-refractivity contribution in [1.82, 2.24) is 0 Å². The molecule has 0 aliphatic heterocycles. The van der Waals surface area contributed by atoms with E-state index in [9.17, 15) is 10.2 Å². The van der Waals surface area contributed by atoms with Crippen LogP contribution in [-0.2, 0) is 0 Å². The molecule has 0 heterocycles. The van der Waals surface area contributed by atoms with Crippen molar-refractivity contribution in [3.8, 4) is 5.75 Å². The van der Waals surface area contributed by atoms with E-state index in [-0.39, 0.29) is 5.75 Å². The number of benzene rings is 1. The summed E-state index contributed by atoms with van der Waals surface area (Å²) in [6, 6.07) is 3.07. The van der Waals surface area contributed by atoms with Gasteiger partial charge in [0.1, 0.15) is 5.75 Å². The monoisotopic (exact) mass is 195 g/mol. The minimum atomic E-state index is -0.665. The number of aromatic hydroxyl groups is 1. The van der Waals surface area contributed by atoms with Gasteiger partial charge in [0, 0.05) is 5.56 Å². The third-order valence-electron chi connectivity index (χ3n) is 2.36. The van der Waals surface area contributed by atoms with Crippen molar-refractivity contribution >= 4 is 0 Å². The molecule has 0 bridgehead atoms. The quantitative estimate of drug-likeness (QED) is 0.668. The molecule has 0 radical (unpaired) electrons. The first-order chi connectivity index (χ1) is 6.43. The number of aryl methyl sites for hydroxylation is 2. The van der Waals surface area contributed by atoms with E-state index in [2.05, 4.69) is 0 Å². The molecule has 0 fully saturated rings. The zero-order valence-corrected chi connectivity index (χ0v) is 8.78. The predicted octanol–water partition coefficient (Wildman–Crippen LogP) is 1.39. The topological polar surface area (TPSA) is 66.5 Å². The molecule has 0 spiro atoms. The van der Waals surface area contributed by atoms with Crippen molar-refractivity contribution < 1.29 is 10.2 Å². The fourth-order valence-corrected chi connectivity index (χ4v) is 1.63. The molecule has 0 aliphatic carbocycles. The fraction of sp³-hybridized carbons (Fsp3) is 0.455.